The van der Waals surface area contributed by atoms with E-state index in [0.29, 0.717) is 15.7 Å². The molecule has 0 spiro atoms. The second kappa shape index (κ2) is 4.69. The molecule has 0 saturated carbocycles. The fourth-order valence-corrected chi connectivity index (χ4v) is 1.68. The Kier molecular flexibility index (Phi) is 3.28. The first-order valence-corrected chi connectivity index (χ1v) is 5.86. The molecule has 1 atom stereocenters. The van der Waals surface area contributed by atoms with Crippen molar-refractivity contribution >= 4 is 22.7 Å². The predicted octanol–water partition coefficient (Wildman–Crippen LogP) is 2.38. The highest BCUT2D eigenvalue weighted by Crippen LogP contribution is 2.18. The third-order valence-electron chi connectivity index (χ3n) is 1.98. The smallest absolute Gasteiger partial charge is 0.186 e. The van der Waals surface area contributed by atoms with Crippen LogP contribution in [0, 0.1) is 0 Å². The van der Waals surface area contributed by atoms with E-state index in [9.17, 15) is 4.21 Å². The average molecular weight is 255 g/mol. The van der Waals surface area contributed by atoms with Crippen molar-refractivity contribution in [3.05, 3.63) is 41.6 Å². The van der Waals surface area contributed by atoms with Gasteiger partial charge in [-0.15, -0.1) is 10.2 Å². The van der Waals surface area contributed by atoms with Crippen molar-refractivity contribution in [3.8, 4) is 11.3 Å². The summed E-state index contributed by atoms with van der Waals surface area (Å²) in [6.07, 6.45) is 0. The van der Waals surface area contributed by atoms with Gasteiger partial charge in [0.15, 0.2) is 16.2 Å². The van der Waals surface area contributed by atoms with E-state index in [-0.39, 0.29) is 0 Å². The van der Waals surface area contributed by atoms with Crippen molar-refractivity contribution in [2.75, 3.05) is 0 Å². The van der Waals surface area contributed by atoms with Crippen molar-refractivity contribution in [2.45, 2.75) is 4.90 Å². The van der Waals surface area contributed by atoms with Gasteiger partial charge >= 0.3 is 0 Å². The molecular formula is C10H7ClN2O2S. The molecule has 0 aliphatic heterocycles. The number of halogens is 1. The molecule has 16 heavy (non-hydrogen) atoms. The van der Waals surface area contributed by atoms with Gasteiger partial charge in [0.1, 0.15) is 0 Å². The highest BCUT2D eigenvalue weighted by atomic mass is 35.5. The largest absolute Gasteiger partial charge is 0.302 e. The quantitative estimate of drug-likeness (QED) is 0.836. The highest BCUT2D eigenvalue weighted by molar-refractivity contribution is 7.79. The average Bonchev–Trinajstić information content (AvgIpc) is 2.30. The molecule has 2 rings (SSSR count). The minimum atomic E-state index is -1.95. The maximum absolute atomic E-state index is 10.8. The standard InChI is InChI=1S/C10H7ClN2O2S/c11-10-6-5-9(12-13-10)7-1-3-8(4-2-7)16(14)15/h1-6H,(H,14,15). The zero-order valence-corrected chi connectivity index (χ0v) is 9.57. The number of aromatic nitrogens is 2. The van der Waals surface area contributed by atoms with Crippen LogP contribution in [0.1, 0.15) is 0 Å². The van der Waals surface area contributed by atoms with Gasteiger partial charge < -0.3 is 4.55 Å². The van der Waals surface area contributed by atoms with E-state index in [2.05, 4.69) is 10.2 Å². The number of nitrogens with zero attached hydrogens (tertiary/aromatic N) is 2. The normalized spacial score (nSPS) is 12.4. The number of hydrogen-bond acceptors (Lipinski definition) is 3. The molecule has 2 aromatic rings. The Morgan fingerprint density at radius 3 is 2.25 bits per heavy atom. The van der Waals surface area contributed by atoms with E-state index in [1.54, 1.807) is 36.4 Å². The second-order valence-electron chi connectivity index (χ2n) is 3.01. The molecule has 0 radical (unpaired) electrons. The molecule has 1 heterocycles. The van der Waals surface area contributed by atoms with Crippen LogP contribution in [0.3, 0.4) is 0 Å². The van der Waals surface area contributed by atoms with Gasteiger partial charge in [0.05, 0.1) is 10.6 Å². The Balaban J connectivity index is 2.34. The Bertz CT molecular complexity index is 513. The molecule has 0 bridgehead atoms. The first kappa shape index (κ1) is 11.2. The highest BCUT2D eigenvalue weighted by Gasteiger charge is 2.02. The Morgan fingerprint density at radius 1 is 1.06 bits per heavy atom. The topological polar surface area (TPSA) is 63.1 Å². The third-order valence-corrected chi connectivity index (χ3v) is 2.86. The van der Waals surface area contributed by atoms with Gasteiger partial charge in [0, 0.05) is 5.56 Å². The van der Waals surface area contributed by atoms with Crippen LogP contribution in [0.5, 0.6) is 0 Å². The van der Waals surface area contributed by atoms with Crippen LogP contribution in [0.15, 0.2) is 41.3 Å². The van der Waals surface area contributed by atoms with E-state index in [0.717, 1.165) is 5.56 Å². The SMILES string of the molecule is O=S(O)c1ccc(-c2ccc(Cl)nn2)cc1. The summed E-state index contributed by atoms with van der Waals surface area (Å²) >= 11 is 3.66. The molecule has 1 aromatic carbocycles. The molecule has 0 aliphatic rings. The summed E-state index contributed by atoms with van der Waals surface area (Å²) in [4.78, 5) is 0.352. The molecule has 1 unspecified atom stereocenters. The van der Waals surface area contributed by atoms with Gasteiger partial charge in [-0.25, -0.2) is 4.21 Å². The summed E-state index contributed by atoms with van der Waals surface area (Å²) in [5, 5.41) is 7.95. The Morgan fingerprint density at radius 2 is 1.75 bits per heavy atom. The fourth-order valence-electron chi connectivity index (χ4n) is 1.21. The lowest BCUT2D eigenvalue weighted by atomic mass is 10.1. The number of rotatable bonds is 2. The van der Waals surface area contributed by atoms with Gasteiger partial charge in [-0.1, -0.05) is 23.7 Å². The molecule has 1 N–H and O–H groups in total. The van der Waals surface area contributed by atoms with Crippen molar-refractivity contribution in [1.82, 2.24) is 10.2 Å². The molecule has 0 fully saturated rings. The number of benzene rings is 1. The van der Waals surface area contributed by atoms with Gasteiger partial charge in [-0.2, -0.15) is 0 Å². The first-order chi connectivity index (χ1) is 7.66. The lowest BCUT2D eigenvalue weighted by molar-refractivity contribution is 0.564. The zero-order chi connectivity index (χ0) is 11.5. The Hall–Kier alpha value is -1.30. The zero-order valence-electron chi connectivity index (χ0n) is 8.00. The van der Waals surface area contributed by atoms with Crippen molar-refractivity contribution in [1.29, 1.82) is 0 Å². The van der Waals surface area contributed by atoms with Crippen molar-refractivity contribution < 1.29 is 8.76 Å². The predicted molar refractivity (Wildman–Crippen MR) is 61.5 cm³/mol. The van der Waals surface area contributed by atoms with Crippen LogP contribution in [-0.4, -0.2) is 19.0 Å². The third kappa shape index (κ3) is 2.44. The lowest BCUT2D eigenvalue weighted by Gasteiger charge is -2.00. The maximum Gasteiger partial charge on any atom is 0.186 e. The van der Waals surface area contributed by atoms with Crippen LogP contribution in [0.25, 0.3) is 11.3 Å². The Labute approximate surface area is 99.6 Å². The fraction of sp³-hybridized carbons (Fsp3) is 0. The molecule has 6 heteroatoms. The molecule has 82 valence electrons. The monoisotopic (exact) mass is 254 g/mol. The van der Waals surface area contributed by atoms with Gasteiger partial charge in [0.2, 0.25) is 0 Å². The van der Waals surface area contributed by atoms with Gasteiger partial charge in [-0.3, -0.25) is 0 Å². The molecule has 0 saturated heterocycles. The van der Waals surface area contributed by atoms with E-state index in [1.165, 1.54) is 0 Å². The van der Waals surface area contributed by atoms with Gasteiger partial charge in [-0.05, 0) is 24.3 Å². The van der Waals surface area contributed by atoms with Crippen LogP contribution in [-0.2, 0) is 11.1 Å². The molecule has 4 nitrogen and oxygen atoms in total. The molecular weight excluding hydrogens is 248 g/mol. The minimum Gasteiger partial charge on any atom is -0.302 e. The van der Waals surface area contributed by atoms with E-state index < -0.39 is 11.1 Å². The van der Waals surface area contributed by atoms with Crippen LogP contribution < -0.4 is 0 Å². The van der Waals surface area contributed by atoms with Crippen LogP contribution >= 0.6 is 11.6 Å². The molecule has 0 amide bonds. The van der Waals surface area contributed by atoms with Gasteiger partial charge in [0.25, 0.3) is 0 Å². The minimum absolute atomic E-state index is 0.330. The second-order valence-corrected chi connectivity index (χ2v) is 4.37. The summed E-state index contributed by atoms with van der Waals surface area (Å²) in [6.45, 7) is 0. The molecule has 1 aromatic heterocycles. The first-order valence-electron chi connectivity index (χ1n) is 4.37. The summed E-state index contributed by atoms with van der Waals surface area (Å²) in [6, 6.07) is 9.94. The van der Waals surface area contributed by atoms with E-state index in [1.807, 2.05) is 0 Å². The van der Waals surface area contributed by atoms with E-state index >= 15 is 0 Å². The van der Waals surface area contributed by atoms with Crippen molar-refractivity contribution in [3.63, 3.8) is 0 Å². The summed E-state index contributed by atoms with van der Waals surface area (Å²) in [5.74, 6) is 0. The van der Waals surface area contributed by atoms with Crippen LogP contribution in [0.4, 0.5) is 0 Å². The molecule has 0 aliphatic carbocycles. The van der Waals surface area contributed by atoms with E-state index in [4.69, 9.17) is 16.2 Å². The summed E-state index contributed by atoms with van der Waals surface area (Å²) in [5.41, 5.74) is 1.48. The van der Waals surface area contributed by atoms with Crippen LogP contribution in [0.2, 0.25) is 5.15 Å². The maximum atomic E-state index is 10.8. The summed E-state index contributed by atoms with van der Waals surface area (Å²) < 4.78 is 19.6. The number of hydrogen-bond donors (Lipinski definition) is 1. The lowest BCUT2D eigenvalue weighted by Crippen LogP contribution is -1.90. The summed E-state index contributed by atoms with van der Waals surface area (Å²) in [7, 11) is 0. The van der Waals surface area contributed by atoms with Crippen molar-refractivity contribution in [2.24, 2.45) is 0 Å².